The minimum absolute atomic E-state index is 0.387. The van der Waals surface area contributed by atoms with E-state index in [0.717, 1.165) is 44.9 Å². The maximum atomic E-state index is 9.61. The number of hydrogen-bond donors (Lipinski definition) is 2. The van der Waals surface area contributed by atoms with Crippen molar-refractivity contribution in [1.82, 2.24) is 0 Å². The van der Waals surface area contributed by atoms with E-state index < -0.39 is 12.2 Å². The molecule has 0 aromatic heterocycles. The van der Waals surface area contributed by atoms with E-state index in [1.165, 1.54) is 0 Å². The van der Waals surface area contributed by atoms with Gasteiger partial charge in [0, 0.05) is 0 Å². The van der Waals surface area contributed by atoms with Crippen molar-refractivity contribution in [3.05, 3.63) is 12.7 Å². The van der Waals surface area contributed by atoms with Crippen molar-refractivity contribution in [2.75, 3.05) is 0 Å². The summed E-state index contributed by atoms with van der Waals surface area (Å²) in [6.45, 7) is 3.66. The zero-order valence-electron chi connectivity index (χ0n) is 8.86. The molecule has 0 aliphatic heterocycles. The van der Waals surface area contributed by atoms with Gasteiger partial charge >= 0.3 is 0 Å². The van der Waals surface area contributed by atoms with E-state index in [9.17, 15) is 10.2 Å². The van der Waals surface area contributed by atoms with Crippen LogP contribution in [0, 0.1) is 5.92 Å². The van der Waals surface area contributed by atoms with Crippen molar-refractivity contribution in [3.63, 3.8) is 0 Å². The van der Waals surface area contributed by atoms with Crippen LogP contribution in [0.1, 0.15) is 44.9 Å². The van der Waals surface area contributed by atoms with Crippen LogP contribution in [0.5, 0.6) is 0 Å². The highest BCUT2D eigenvalue weighted by molar-refractivity contribution is 4.85. The van der Waals surface area contributed by atoms with Gasteiger partial charge < -0.3 is 10.2 Å². The van der Waals surface area contributed by atoms with Gasteiger partial charge in [-0.15, -0.1) is 6.58 Å². The molecule has 14 heavy (non-hydrogen) atoms. The average molecular weight is 198 g/mol. The van der Waals surface area contributed by atoms with Crippen molar-refractivity contribution in [2.24, 2.45) is 5.92 Å². The molecule has 2 N–H and O–H groups in total. The molecule has 1 saturated carbocycles. The minimum Gasteiger partial charge on any atom is -0.390 e. The van der Waals surface area contributed by atoms with Crippen LogP contribution >= 0.6 is 0 Å². The first-order valence-electron chi connectivity index (χ1n) is 5.72. The summed E-state index contributed by atoms with van der Waals surface area (Å²) in [5.41, 5.74) is 0. The molecule has 1 aliphatic carbocycles. The quantitative estimate of drug-likeness (QED) is 0.464. The third-order valence-corrected chi connectivity index (χ3v) is 2.91. The van der Waals surface area contributed by atoms with Gasteiger partial charge in [0.1, 0.15) is 0 Å². The molecule has 2 unspecified atom stereocenters. The highest BCUT2D eigenvalue weighted by atomic mass is 16.3. The normalized spacial score (nSPS) is 20.4. The van der Waals surface area contributed by atoms with Crippen LogP contribution in [0.2, 0.25) is 0 Å². The summed E-state index contributed by atoms with van der Waals surface area (Å²) in [6.07, 6.45) is 8.24. The van der Waals surface area contributed by atoms with Gasteiger partial charge in [0.15, 0.2) is 0 Å². The lowest BCUT2D eigenvalue weighted by atomic mass is 10.0. The van der Waals surface area contributed by atoms with E-state index in [1.54, 1.807) is 0 Å². The molecule has 1 fully saturated rings. The summed E-state index contributed by atoms with van der Waals surface area (Å²) in [5, 5.41) is 19.2. The first kappa shape index (κ1) is 11.7. The van der Waals surface area contributed by atoms with Crippen molar-refractivity contribution in [2.45, 2.75) is 57.2 Å². The Bertz CT molecular complexity index is 164. The molecule has 0 aromatic carbocycles. The fourth-order valence-electron chi connectivity index (χ4n) is 1.74. The van der Waals surface area contributed by atoms with Crippen LogP contribution in [-0.2, 0) is 0 Å². The van der Waals surface area contributed by atoms with E-state index in [1.807, 2.05) is 6.08 Å². The molecule has 0 spiro atoms. The molecular weight excluding hydrogens is 176 g/mol. The number of aliphatic hydroxyl groups excluding tert-OH is 2. The largest absolute Gasteiger partial charge is 0.390 e. The van der Waals surface area contributed by atoms with E-state index in [-0.39, 0.29) is 0 Å². The molecular formula is C12H22O2. The van der Waals surface area contributed by atoms with Gasteiger partial charge in [-0.05, 0) is 38.0 Å². The Labute approximate surface area is 86.6 Å². The van der Waals surface area contributed by atoms with Crippen LogP contribution in [0.3, 0.4) is 0 Å². The van der Waals surface area contributed by atoms with E-state index in [0.29, 0.717) is 5.92 Å². The average Bonchev–Trinajstić information content (AvgIpc) is 2.99. The fraction of sp³-hybridized carbons (Fsp3) is 0.833. The Morgan fingerprint density at radius 2 is 1.93 bits per heavy atom. The highest BCUT2D eigenvalue weighted by Gasteiger charge is 2.33. The van der Waals surface area contributed by atoms with Crippen molar-refractivity contribution in [3.8, 4) is 0 Å². The summed E-state index contributed by atoms with van der Waals surface area (Å²) in [4.78, 5) is 0. The van der Waals surface area contributed by atoms with Gasteiger partial charge in [0.25, 0.3) is 0 Å². The molecule has 0 amide bonds. The third kappa shape index (κ3) is 4.25. The van der Waals surface area contributed by atoms with Crippen molar-refractivity contribution in [1.29, 1.82) is 0 Å². The lowest BCUT2D eigenvalue weighted by Crippen LogP contribution is -2.27. The molecule has 0 aromatic rings. The molecule has 0 bridgehead atoms. The van der Waals surface area contributed by atoms with E-state index in [2.05, 4.69) is 6.58 Å². The molecule has 2 atom stereocenters. The first-order valence-corrected chi connectivity index (χ1v) is 5.72. The third-order valence-electron chi connectivity index (χ3n) is 2.91. The maximum Gasteiger partial charge on any atom is 0.0827 e. The Morgan fingerprint density at radius 3 is 2.50 bits per heavy atom. The molecule has 2 nitrogen and oxygen atoms in total. The zero-order valence-corrected chi connectivity index (χ0v) is 8.86. The first-order chi connectivity index (χ1) is 6.75. The van der Waals surface area contributed by atoms with E-state index >= 15 is 0 Å². The monoisotopic (exact) mass is 198 g/mol. The predicted octanol–water partition coefficient (Wildman–Crippen LogP) is 2.25. The predicted molar refractivity (Wildman–Crippen MR) is 58.0 cm³/mol. The van der Waals surface area contributed by atoms with E-state index in [4.69, 9.17) is 0 Å². The molecule has 0 heterocycles. The van der Waals surface area contributed by atoms with Gasteiger partial charge in [-0.1, -0.05) is 18.9 Å². The second-order valence-electron chi connectivity index (χ2n) is 4.32. The lowest BCUT2D eigenvalue weighted by molar-refractivity contribution is 0.000342. The van der Waals surface area contributed by atoms with Gasteiger partial charge in [-0.3, -0.25) is 0 Å². The zero-order chi connectivity index (χ0) is 10.4. The SMILES string of the molecule is C=CCCCCCC(O)C(O)C1CC1. The summed E-state index contributed by atoms with van der Waals surface area (Å²) in [6, 6.07) is 0. The fourth-order valence-corrected chi connectivity index (χ4v) is 1.74. The Kier molecular flexibility index (Phi) is 5.20. The lowest BCUT2D eigenvalue weighted by Gasteiger charge is -2.16. The van der Waals surface area contributed by atoms with Crippen molar-refractivity contribution >= 4 is 0 Å². The number of hydrogen-bond acceptors (Lipinski definition) is 2. The molecule has 2 heteroatoms. The molecule has 0 radical (unpaired) electrons. The van der Waals surface area contributed by atoms with Crippen LogP contribution < -0.4 is 0 Å². The summed E-state index contributed by atoms with van der Waals surface area (Å²) in [5.74, 6) is 0.387. The highest BCUT2D eigenvalue weighted by Crippen LogP contribution is 2.34. The second kappa shape index (κ2) is 6.20. The molecule has 82 valence electrons. The number of aliphatic hydroxyl groups is 2. The number of rotatable bonds is 8. The molecule has 0 saturated heterocycles. The van der Waals surface area contributed by atoms with Gasteiger partial charge in [-0.2, -0.15) is 0 Å². The smallest absolute Gasteiger partial charge is 0.0827 e. The standard InChI is InChI=1S/C12H22O2/c1-2-3-4-5-6-7-11(13)12(14)10-8-9-10/h2,10-14H,1,3-9H2. The summed E-state index contributed by atoms with van der Waals surface area (Å²) < 4.78 is 0. The van der Waals surface area contributed by atoms with Crippen LogP contribution in [0.15, 0.2) is 12.7 Å². The Balaban J connectivity index is 1.96. The minimum atomic E-state index is -0.494. The Morgan fingerprint density at radius 1 is 1.21 bits per heavy atom. The summed E-state index contributed by atoms with van der Waals surface area (Å²) >= 11 is 0. The number of allylic oxidation sites excluding steroid dienone is 1. The Hall–Kier alpha value is -0.340. The topological polar surface area (TPSA) is 40.5 Å². The van der Waals surface area contributed by atoms with Crippen LogP contribution in [0.4, 0.5) is 0 Å². The summed E-state index contributed by atoms with van der Waals surface area (Å²) in [7, 11) is 0. The van der Waals surface area contributed by atoms with Gasteiger partial charge in [0.2, 0.25) is 0 Å². The van der Waals surface area contributed by atoms with Crippen LogP contribution in [0.25, 0.3) is 0 Å². The van der Waals surface area contributed by atoms with Crippen LogP contribution in [-0.4, -0.2) is 22.4 Å². The van der Waals surface area contributed by atoms with Gasteiger partial charge in [-0.25, -0.2) is 0 Å². The maximum absolute atomic E-state index is 9.61. The van der Waals surface area contributed by atoms with Crippen molar-refractivity contribution < 1.29 is 10.2 Å². The number of unbranched alkanes of at least 4 members (excludes halogenated alkanes) is 3. The van der Waals surface area contributed by atoms with Gasteiger partial charge in [0.05, 0.1) is 12.2 Å². The second-order valence-corrected chi connectivity index (χ2v) is 4.32. The molecule has 1 aliphatic rings. The molecule has 1 rings (SSSR count).